The Hall–Kier alpha value is -1.30. The number of nitrogens with zero attached hydrogens (tertiary/aromatic N) is 1. The lowest BCUT2D eigenvalue weighted by Crippen LogP contribution is -2.37. The molecule has 1 spiro atoms. The van der Waals surface area contributed by atoms with E-state index in [2.05, 4.69) is 5.92 Å². The molecule has 1 heterocycles. The minimum atomic E-state index is -0.332. The highest BCUT2D eigenvalue weighted by Gasteiger charge is 2.50. The Bertz CT molecular complexity index is 374. The summed E-state index contributed by atoms with van der Waals surface area (Å²) in [7, 11) is 0. The van der Waals surface area contributed by atoms with Crippen molar-refractivity contribution in [2.75, 3.05) is 6.54 Å². The number of likely N-dealkylation sites (tertiary alicyclic amines) is 1. The standard InChI is InChI=1S/C15H21NO2/c1-2-3-4-8-11-16-13(17)12-15(14(16)18)9-6-5-7-10-15/h1H,3-12H2. The number of carbonyl (C=O) groups excluding carboxylic acids is 2. The normalized spacial score (nSPS) is 22.5. The van der Waals surface area contributed by atoms with Gasteiger partial charge in [-0.05, 0) is 25.7 Å². The summed E-state index contributed by atoms with van der Waals surface area (Å²) in [5.74, 6) is 2.70. The first kappa shape index (κ1) is 13.1. The van der Waals surface area contributed by atoms with Crippen molar-refractivity contribution < 1.29 is 9.59 Å². The van der Waals surface area contributed by atoms with Crippen LogP contribution >= 0.6 is 0 Å². The Balaban J connectivity index is 1.94. The molecule has 0 aromatic heterocycles. The van der Waals surface area contributed by atoms with E-state index in [1.807, 2.05) is 0 Å². The predicted octanol–water partition coefficient (Wildman–Crippen LogP) is 2.50. The topological polar surface area (TPSA) is 37.4 Å². The van der Waals surface area contributed by atoms with Crippen LogP contribution in [-0.4, -0.2) is 23.3 Å². The fourth-order valence-corrected chi connectivity index (χ4v) is 3.20. The SMILES string of the molecule is C#CCCCCN1C(=O)CC2(CCCCC2)C1=O. The summed E-state index contributed by atoms with van der Waals surface area (Å²) in [6.45, 7) is 0.557. The van der Waals surface area contributed by atoms with Gasteiger partial charge in [0.1, 0.15) is 0 Å². The lowest BCUT2D eigenvalue weighted by atomic mass is 9.73. The van der Waals surface area contributed by atoms with Gasteiger partial charge in [0.05, 0.1) is 5.41 Å². The van der Waals surface area contributed by atoms with Crippen molar-refractivity contribution in [3.8, 4) is 12.3 Å². The van der Waals surface area contributed by atoms with Gasteiger partial charge in [-0.1, -0.05) is 19.3 Å². The molecule has 1 saturated heterocycles. The quantitative estimate of drug-likeness (QED) is 0.435. The highest BCUT2D eigenvalue weighted by Crippen LogP contribution is 2.45. The van der Waals surface area contributed by atoms with E-state index < -0.39 is 0 Å². The van der Waals surface area contributed by atoms with E-state index in [4.69, 9.17) is 6.42 Å². The van der Waals surface area contributed by atoms with E-state index >= 15 is 0 Å². The van der Waals surface area contributed by atoms with Gasteiger partial charge in [0.15, 0.2) is 0 Å². The van der Waals surface area contributed by atoms with Crippen LogP contribution in [0.3, 0.4) is 0 Å². The highest BCUT2D eigenvalue weighted by atomic mass is 16.2. The van der Waals surface area contributed by atoms with Crippen LogP contribution in [0.4, 0.5) is 0 Å². The molecule has 1 aliphatic heterocycles. The Labute approximate surface area is 109 Å². The summed E-state index contributed by atoms with van der Waals surface area (Å²) < 4.78 is 0. The number of hydrogen-bond acceptors (Lipinski definition) is 2. The van der Waals surface area contributed by atoms with Crippen LogP contribution in [0.1, 0.15) is 57.8 Å². The zero-order valence-electron chi connectivity index (χ0n) is 10.9. The van der Waals surface area contributed by atoms with E-state index in [-0.39, 0.29) is 17.2 Å². The first-order chi connectivity index (χ1) is 8.69. The Kier molecular flexibility index (Phi) is 4.06. The van der Waals surface area contributed by atoms with Crippen molar-refractivity contribution in [3.63, 3.8) is 0 Å². The molecule has 0 bridgehead atoms. The largest absolute Gasteiger partial charge is 0.282 e. The summed E-state index contributed by atoms with van der Waals surface area (Å²) in [4.78, 5) is 25.9. The third-order valence-corrected chi connectivity index (χ3v) is 4.25. The van der Waals surface area contributed by atoms with Gasteiger partial charge in [0.2, 0.25) is 11.8 Å². The van der Waals surface area contributed by atoms with Crippen molar-refractivity contribution in [2.45, 2.75) is 57.8 Å². The van der Waals surface area contributed by atoms with E-state index in [0.717, 1.165) is 44.9 Å². The molecule has 0 aromatic rings. The number of hydrogen-bond donors (Lipinski definition) is 0. The molecule has 18 heavy (non-hydrogen) atoms. The van der Waals surface area contributed by atoms with Crippen LogP contribution in [-0.2, 0) is 9.59 Å². The second kappa shape index (κ2) is 5.56. The van der Waals surface area contributed by atoms with Crippen LogP contribution in [0.5, 0.6) is 0 Å². The van der Waals surface area contributed by atoms with Gasteiger partial charge < -0.3 is 0 Å². The third-order valence-electron chi connectivity index (χ3n) is 4.25. The summed E-state index contributed by atoms with van der Waals surface area (Å²) >= 11 is 0. The van der Waals surface area contributed by atoms with Crippen LogP contribution in [0, 0.1) is 17.8 Å². The lowest BCUT2D eigenvalue weighted by Gasteiger charge is -2.30. The first-order valence-corrected chi connectivity index (χ1v) is 6.98. The second-order valence-electron chi connectivity index (χ2n) is 5.53. The molecule has 1 aliphatic carbocycles. The average molecular weight is 247 g/mol. The van der Waals surface area contributed by atoms with Gasteiger partial charge >= 0.3 is 0 Å². The van der Waals surface area contributed by atoms with Gasteiger partial charge in [-0.2, -0.15) is 0 Å². The molecule has 0 N–H and O–H groups in total. The van der Waals surface area contributed by atoms with Crippen LogP contribution in [0.15, 0.2) is 0 Å². The number of rotatable bonds is 4. The summed E-state index contributed by atoms with van der Waals surface area (Å²) in [6.07, 6.45) is 13.3. The van der Waals surface area contributed by atoms with Crippen molar-refractivity contribution in [3.05, 3.63) is 0 Å². The molecular weight excluding hydrogens is 226 g/mol. The summed E-state index contributed by atoms with van der Waals surface area (Å²) in [5.41, 5.74) is -0.332. The lowest BCUT2D eigenvalue weighted by molar-refractivity contribution is -0.142. The van der Waals surface area contributed by atoms with Gasteiger partial charge in [0.25, 0.3) is 0 Å². The van der Waals surface area contributed by atoms with Crippen LogP contribution in [0.25, 0.3) is 0 Å². The summed E-state index contributed by atoms with van der Waals surface area (Å²) in [6, 6.07) is 0. The zero-order valence-corrected chi connectivity index (χ0v) is 10.9. The molecule has 98 valence electrons. The van der Waals surface area contributed by atoms with Gasteiger partial charge in [-0.3, -0.25) is 14.5 Å². The maximum Gasteiger partial charge on any atom is 0.235 e. The van der Waals surface area contributed by atoms with Crippen molar-refractivity contribution >= 4 is 11.8 Å². The molecule has 2 aliphatic rings. The monoisotopic (exact) mass is 247 g/mol. The van der Waals surface area contributed by atoms with E-state index in [1.165, 1.54) is 11.3 Å². The number of amides is 2. The molecule has 1 saturated carbocycles. The second-order valence-corrected chi connectivity index (χ2v) is 5.53. The highest BCUT2D eigenvalue weighted by molar-refractivity contribution is 6.05. The number of terminal acetylenes is 1. The molecule has 0 aromatic carbocycles. The molecule has 2 amide bonds. The fraction of sp³-hybridized carbons (Fsp3) is 0.733. The molecule has 3 nitrogen and oxygen atoms in total. The van der Waals surface area contributed by atoms with Gasteiger partial charge in [-0.25, -0.2) is 0 Å². The Morgan fingerprint density at radius 3 is 2.56 bits per heavy atom. The zero-order chi connectivity index (χ0) is 13.0. The summed E-state index contributed by atoms with van der Waals surface area (Å²) in [5, 5.41) is 0. The number of unbranched alkanes of at least 4 members (excludes halogenated alkanes) is 2. The van der Waals surface area contributed by atoms with Crippen molar-refractivity contribution in [1.82, 2.24) is 4.90 Å². The maximum absolute atomic E-state index is 12.4. The number of imide groups is 1. The minimum absolute atomic E-state index is 0.0302. The first-order valence-electron chi connectivity index (χ1n) is 6.98. The molecule has 0 radical (unpaired) electrons. The van der Waals surface area contributed by atoms with E-state index in [1.54, 1.807) is 0 Å². The average Bonchev–Trinajstić information content (AvgIpc) is 2.59. The third kappa shape index (κ3) is 2.43. The van der Waals surface area contributed by atoms with Gasteiger partial charge in [0, 0.05) is 19.4 Å². The molecule has 0 unspecified atom stereocenters. The van der Waals surface area contributed by atoms with Gasteiger partial charge in [-0.15, -0.1) is 12.3 Å². The van der Waals surface area contributed by atoms with E-state index in [0.29, 0.717) is 13.0 Å². The predicted molar refractivity (Wildman–Crippen MR) is 69.5 cm³/mol. The smallest absolute Gasteiger partial charge is 0.235 e. The van der Waals surface area contributed by atoms with Crippen molar-refractivity contribution in [2.24, 2.45) is 5.41 Å². The Morgan fingerprint density at radius 2 is 1.89 bits per heavy atom. The molecule has 0 atom stereocenters. The molecule has 2 fully saturated rings. The van der Waals surface area contributed by atoms with Crippen LogP contribution in [0.2, 0.25) is 0 Å². The number of carbonyl (C=O) groups is 2. The van der Waals surface area contributed by atoms with Crippen LogP contribution < -0.4 is 0 Å². The molecule has 3 heteroatoms. The molecular formula is C15H21NO2. The maximum atomic E-state index is 12.4. The Morgan fingerprint density at radius 1 is 1.17 bits per heavy atom. The fourth-order valence-electron chi connectivity index (χ4n) is 3.20. The molecule has 2 rings (SSSR count). The van der Waals surface area contributed by atoms with E-state index in [9.17, 15) is 9.59 Å². The minimum Gasteiger partial charge on any atom is -0.282 e. The van der Waals surface area contributed by atoms with Crippen molar-refractivity contribution in [1.29, 1.82) is 0 Å².